The summed E-state index contributed by atoms with van der Waals surface area (Å²) in [6.07, 6.45) is -1.09. The van der Waals surface area contributed by atoms with Crippen LogP contribution in [0.15, 0.2) is 24.3 Å². The van der Waals surface area contributed by atoms with Crippen molar-refractivity contribution in [3.8, 4) is 0 Å². The molecule has 0 saturated heterocycles. The minimum Gasteiger partial charge on any atom is -0.296 e. The molecule has 0 bridgehead atoms. The molecule has 0 atom stereocenters. The van der Waals surface area contributed by atoms with Crippen molar-refractivity contribution in [1.29, 1.82) is 0 Å². The van der Waals surface area contributed by atoms with Crippen LogP contribution in [0.3, 0.4) is 0 Å². The maximum atomic E-state index is 12.1. The van der Waals surface area contributed by atoms with Gasteiger partial charge in [0, 0.05) is 25.2 Å². The number of nitrogens with zero attached hydrogens (tertiary/aromatic N) is 1. The van der Waals surface area contributed by atoms with Crippen LogP contribution in [0.2, 0.25) is 0 Å². The summed E-state index contributed by atoms with van der Waals surface area (Å²) in [6.45, 7) is 5.04. The Hall–Kier alpha value is -0.770. The Kier molecular flexibility index (Phi) is 3.14. The van der Waals surface area contributed by atoms with Crippen molar-refractivity contribution in [3.05, 3.63) is 24.3 Å². The molecule has 0 saturated carbocycles. The van der Waals surface area contributed by atoms with Crippen LogP contribution in [-0.4, -0.2) is 30.7 Å². The van der Waals surface area contributed by atoms with Gasteiger partial charge in [-0.2, -0.15) is 13.2 Å². The van der Waals surface area contributed by atoms with Crippen molar-refractivity contribution in [3.63, 3.8) is 0 Å². The lowest BCUT2D eigenvalue weighted by Gasteiger charge is -2.25. The van der Waals surface area contributed by atoms with E-state index in [1.165, 1.54) is 6.08 Å². The fourth-order valence-electron chi connectivity index (χ4n) is 1.32. The number of alkyl halides is 3. The molecule has 4 heteroatoms. The summed E-state index contributed by atoms with van der Waals surface area (Å²) in [5, 5.41) is 0. The number of halogens is 3. The molecule has 0 aromatic heterocycles. The molecule has 1 aliphatic heterocycles. The predicted octanol–water partition coefficient (Wildman–Crippen LogP) is 2.37. The van der Waals surface area contributed by atoms with Crippen LogP contribution < -0.4 is 0 Å². The van der Waals surface area contributed by atoms with Gasteiger partial charge in [0.05, 0.1) is 0 Å². The molecule has 1 rings (SSSR count). The van der Waals surface area contributed by atoms with Crippen LogP contribution in [0.4, 0.5) is 13.2 Å². The van der Waals surface area contributed by atoms with Gasteiger partial charge in [0.15, 0.2) is 0 Å². The van der Waals surface area contributed by atoms with E-state index in [-0.39, 0.29) is 6.42 Å². The lowest BCUT2D eigenvalue weighted by Crippen LogP contribution is -2.31. The van der Waals surface area contributed by atoms with Crippen LogP contribution >= 0.6 is 0 Å². The van der Waals surface area contributed by atoms with Gasteiger partial charge in [-0.25, -0.2) is 0 Å². The fourth-order valence-corrected chi connectivity index (χ4v) is 1.32. The summed E-state index contributed by atoms with van der Waals surface area (Å²) in [5.41, 5.74) is -0.396. The van der Waals surface area contributed by atoms with E-state index in [2.05, 4.69) is 6.58 Å². The molecule has 0 N–H and O–H groups in total. The standard InChI is InChI=1S/C9H12F3N/c1-2-5-13-6-3-8(4-7-13)9(10,11)12/h2-3H,1,4-7H2. The lowest BCUT2D eigenvalue weighted by atomic mass is 10.1. The first-order chi connectivity index (χ1) is 6.04. The van der Waals surface area contributed by atoms with E-state index in [4.69, 9.17) is 0 Å². The molecule has 1 heterocycles. The molecule has 13 heavy (non-hydrogen) atoms. The fraction of sp³-hybridized carbons (Fsp3) is 0.556. The largest absolute Gasteiger partial charge is 0.412 e. The first kappa shape index (κ1) is 10.3. The van der Waals surface area contributed by atoms with E-state index in [1.54, 1.807) is 6.08 Å². The molecule has 74 valence electrons. The SMILES string of the molecule is C=CCN1CC=C(C(F)(F)F)CC1. The third-order valence-corrected chi connectivity index (χ3v) is 2.04. The van der Waals surface area contributed by atoms with E-state index in [9.17, 15) is 13.2 Å². The molecule has 1 aliphatic rings. The average Bonchev–Trinajstić information content (AvgIpc) is 2.04. The van der Waals surface area contributed by atoms with Crippen LogP contribution in [0, 0.1) is 0 Å². The lowest BCUT2D eigenvalue weighted by molar-refractivity contribution is -0.0959. The molecular formula is C9H12F3N. The molecule has 0 fully saturated rings. The summed E-state index contributed by atoms with van der Waals surface area (Å²) in [5.74, 6) is 0. The van der Waals surface area contributed by atoms with E-state index in [0.29, 0.717) is 19.6 Å². The van der Waals surface area contributed by atoms with Gasteiger partial charge in [-0.1, -0.05) is 12.2 Å². The normalized spacial score (nSPS) is 19.8. The zero-order valence-corrected chi connectivity index (χ0v) is 7.27. The summed E-state index contributed by atoms with van der Waals surface area (Å²) in [6, 6.07) is 0. The Morgan fingerprint density at radius 3 is 2.62 bits per heavy atom. The second-order valence-corrected chi connectivity index (χ2v) is 3.03. The predicted molar refractivity (Wildman–Crippen MR) is 45.4 cm³/mol. The highest BCUT2D eigenvalue weighted by molar-refractivity contribution is 5.13. The maximum absolute atomic E-state index is 12.1. The molecule has 0 spiro atoms. The first-order valence-electron chi connectivity index (χ1n) is 4.13. The number of hydrogen-bond acceptors (Lipinski definition) is 1. The van der Waals surface area contributed by atoms with Crippen LogP contribution in [0.25, 0.3) is 0 Å². The summed E-state index contributed by atoms with van der Waals surface area (Å²) in [7, 11) is 0. The zero-order chi connectivity index (χ0) is 9.90. The van der Waals surface area contributed by atoms with Crippen molar-refractivity contribution in [2.75, 3.05) is 19.6 Å². The van der Waals surface area contributed by atoms with Crippen LogP contribution in [-0.2, 0) is 0 Å². The van der Waals surface area contributed by atoms with Gasteiger partial charge in [0.2, 0.25) is 0 Å². The Balaban J connectivity index is 2.52. The van der Waals surface area contributed by atoms with Crippen molar-refractivity contribution < 1.29 is 13.2 Å². The van der Waals surface area contributed by atoms with E-state index in [0.717, 1.165) is 0 Å². The Labute approximate surface area is 75.5 Å². The zero-order valence-electron chi connectivity index (χ0n) is 7.27. The smallest absolute Gasteiger partial charge is 0.296 e. The van der Waals surface area contributed by atoms with Gasteiger partial charge in [0.1, 0.15) is 0 Å². The van der Waals surface area contributed by atoms with E-state index in [1.807, 2.05) is 4.90 Å². The Morgan fingerprint density at radius 2 is 2.23 bits per heavy atom. The van der Waals surface area contributed by atoms with Crippen LogP contribution in [0.5, 0.6) is 0 Å². The maximum Gasteiger partial charge on any atom is 0.412 e. The van der Waals surface area contributed by atoms with Gasteiger partial charge < -0.3 is 0 Å². The average molecular weight is 191 g/mol. The van der Waals surface area contributed by atoms with E-state index >= 15 is 0 Å². The quantitative estimate of drug-likeness (QED) is 0.606. The van der Waals surface area contributed by atoms with Gasteiger partial charge in [-0.05, 0) is 6.42 Å². The van der Waals surface area contributed by atoms with E-state index < -0.39 is 11.7 Å². The molecule has 0 aromatic rings. The van der Waals surface area contributed by atoms with Crippen molar-refractivity contribution in [2.24, 2.45) is 0 Å². The van der Waals surface area contributed by atoms with Crippen LogP contribution in [0.1, 0.15) is 6.42 Å². The minimum absolute atomic E-state index is 0.0946. The van der Waals surface area contributed by atoms with Crippen molar-refractivity contribution >= 4 is 0 Å². The van der Waals surface area contributed by atoms with Gasteiger partial charge in [0.25, 0.3) is 0 Å². The first-order valence-corrected chi connectivity index (χ1v) is 4.13. The minimum atomic E-state index is -4.14. The number of hydrogen-bond donors (Lipinski definition) is 0. The summed E-state index contributed by atoms with van der Waals surface area (Å²) < 4.78 is 36.4. The molecular weight excluding hydrogens is 179 g/mol. The monoisotopic (exact) mass is 191 g/mol. The number of rotatable bonds is 2. The third kappa shape index (κ3) is 2.88. The Morgan fingerprint density at radius 1 is 1.54 bits per heavy atom. The molecule has 1 nitrogen and oxygen atoms in total. The molecule has 0 aliphatic carbocycles. The van der Waals surface area contributed by atoms with Gasteiger partial charge in [-0.15, -0.1) is 6.58 Å². The van der Waals surface area contributed by atoms with Crippen molar-refractivity contribution in [2.45, 2.75) is 12.6 Å². The van der Waals surface area contributed by atoms with Gasteiger partial charge >= 0.3 is 6.18 Å². The molecule has 0 unspecified atom stereocenters. The highest BCUT2D eigenvalue weighted by Crippen LogP contribution is 2.29. The summed E-state index contributed by atoms with van der Waals surface area (Å²) >= 11 is 0. The van der Waals surface area contributed by atoms with Crippen molar-refractivity contribution in [1.82, 2.24) is 4.90 Å². The molecule has 0 radical (unpaired) electrons. The highest BCUT2D eigenvalue weighted by Gasteiger charge is 2.34. The second kappa shape index (κ2) is 3.96. The Bertz CT molecular complexity index is 217. The topological polar surface area (TPSA) is 3.24 Å². The highest BCUT2D eigenvalue weighted by atomic mass is 19.4. The summed E-state index contributed by atoms with van der Waals surface area (Å²) in [4.78, 5) is 1.92. The molecule has 0 aromatic carbocycles. The molecule has 0 amide bonds. The van der Waals surface area contributed by atoms with Gasteiger partial charge in [-0.3, -0.25) is 4.90 Å². The second-order valence-electron chi connectivity index (χ2n) is 3.03. The third-order valence-electron chi connectivity index (χ3n) is 2.04.